The molecule has 6 heteroatoms. The van der Waals surface area contributed by atoms with Crippen LogP contribution in [0.3, 0.4) is 0 Å². The predicted octanol–water partition coefficient (Wildman–Crippen LogP) is 4.41. The van der Waals surface area contributed by atoms with Crippen molar-refractivity contribution < 1.29 is 9.66 Å². The Hall–Kier alpha value is -1.72. The van der Waals surface area contributed by atoms with Gasteiger partial charge < -0.3 is 4.74 Å². The van der Waals surface area contributed by atoms with Crippen LogP contribution in [-0.4, -0.2) is 12.0 Å². The fraction of sp³-hybridized carbons (Fsp3) is 0.0769. The highest BCUT2D eigenvalue weighted by Crippen LogP contribution is 2.34. The zero-order valence-electron chi connectivity index (χ0n) is 10.00. The van der Waals surface area contributed by atoms with Gasteiger partial charge >= 0.3 is 0 Å². The molecule has 0 aromatic heterocycles. The monoisotopic (exact) mass is 295 g/mol. The average Bonchev–Trinajstić information content (AvgIpc) is 2.39. The largest absolute Gasteiger partial charge is 0.495 e. The van der Waals surface area contributed by atoms with E-state index in [0.717, 1.165) is 9.79 Å². The van der Waals surface area contributed by atoms with Gasteiger partial charge in [-0.1, -0.05) is 23.4 Å². The number of halogens is 1. The van der Waals surface area contributed by atoms with Gasteiger partial charge in [-0.15, -0.1) is 0 Å². The summed E-state index contributed by atoms with van der Waals surface area (Å²) in [6.45, 7) is 0. The molecule has 2 aromatic carbocycles. The van der Waals surface area contributed by atoms with Gasteiger partial charge in [0.05, 0.1) is 17.1 Å². The maximum absolute atomic E-state index is 10.6. The summed E-state index contributed by atoms with van der Waals surface area (Å²) in [5, 5.41) is 11.1. The smallest absolute Gasteiger partial charge is 0.269 e. The van der Waals surface area contributed by atoms with Crippen LogP contribution in [0.4, 0.5) is 5.69 Å². The van der Waals surface area contributed by atoms with Crippen molar-refractivity contribution in [2.45, 2.75) is 9.79 Å². The summed E-state index contributed by atoms with van der Waals surface area (Å²) in [5.74, 6) is 0.620. The normalized spacial score (nSPS) is 10.2. The number of ether oxygens (including phenoxy) is 1. The summed E-state index contributed by atoms with van der Waals surface area (Å²) >= 11 is 7.51. The van der Waals surface area contributed by atoms with Crippen LogP contribution in [-0.2, 0) is 0 Å². The number of benzene rings is 2. The molecule has 0 unspecified atom stereocenters. The second kappa shape index (κ2) is 5.95. The van der Waals surface area contributed by atoms with Gasteiger partial charge in [0, 0.05) is 21.9 Å². The van der Waals surface area contributed by atoms with Gasteiger partial charge in [-0.05, 0) is 30.3 Å². The first-order valence-electron chi connectivity index (χ1n) is 5.36. The van der Waals surface area contributed by atoms with E-state index in [1.165, 1.54) is 23.9 Å². The van der Waals surface area contributed by atoms with Crippen LogP contribution in [0.25, 0.3) is 0 Å². The third kappa shape index (κ3) is 3.39. The van der Waals surface area contributed by atoms with Crippen molar-refractivity contribution in [1.29, 1.82) is 0 Å². The number of nitro groups is 1. The molecule has 4 nitrogen and oxygen atoms in total. The maximum atomic E-state index is 10.6. The summed E-state index contributed by atoms with van der Waals surface area (Å²) in [5.41, 5.74) is 0.0807. The molecule has 0 aliphatic rings. The Morgan fingerprint density at radius 3 is 2.32 bits per heavy atom. The van der Waals surface area contributed by atoms with Crippen molar-refractivity contribution in [2.24, 2.45) is 0 Å². The Balaban J connectivity index is 2.16. The van der Waals surface area contributed by atoms with Crippen LogP contribution in [0, 0.1) is 10.1 Å². The quantitative estimate of drug-likeness (QED) is 0.619. The van der Waals surface area contributed by atoms with Crippen molar-refractivity contribution in [2.75, 3.05) is 7.11 Å². The highest BCUT2D eigenvalue weighted by molar-refractivity contribution is 7.99. The zero-order valence-corrected chi connectivity index (χ0v) is 11.6. The summed E-state index contributed by atoms with van der Waals surface area (Å²) in [6, 6.07) is 11.8. The molecule has 0 heterocycles. The lowest BCUT2D eigenvalue weighted by molar-refractivity contribution is -0.384. The van der Waals surface area contributed by atoms with Crippen molar-refractivity contribution in [3.63, 3.8) is 0 Å². The highest BCUT2D eigenvalue weighted by atomic mass is 35.5. The van der Waals surface area contributed by atoms with E-state index in [2.05, 4.69) is 0 Å². The minimum Gasteiger partial charge on any atom is -0.495 e. The molecule has 0 bridgehead atoms. The number of methoxy groups -OCH3 is 1. The lowest BCUT2D eigenvalue weighted by Gasteiger charge is -2.05. The lowest BCUT2D eigenvalue weighted by Crippen LogP contribution is -1.86. The molecule has 0 N–H and O–H groups in total. The van der Waals surface area contributed by atoms with Crippen molar-refractivity contribution >= 4 is 29.1 Å². The summed E-state index contributed by atoms with van der Waals surface area (Å²) in [7, 11) is 1.56. The van der Waals surface area contributed by atoms with E-state index in [1.807, 2.05) is 6.07 Å². The molecule has 19 heavy (non-hydrogen) atoms. The third-order valence-electron chi connectivity index (χ3n) is 2.41. The number of non-ortho nitro benzene ring substituents is 1. The molecule has 2 rings (SSSR count). The molecule has 0 fully saturated rings. The molecule has 0 amide bonds. The average molecular weight is 296 g/mol. The van der Waals surface area contributed by atoms with Gasteiger partial charge in [0.25, 0.3) is 5.69 Å². The fourth-order valence-corrected chi connectivity index (χ4v) is 2.66. The minimum absolute atomic E-state index is 0.0807. The number of nitro benzene ring substituents is 1. The van der Waals surface area contributed by atoms with Gasteiger partial charge in [-0.2, -0.15) is 0 Å². The Bertz CT molecular complexity index is 601. The van der Waals surface area contributed by atoms with Gasteiger partial charge in [-0.25, -0.2) is 0 Å². The van der Waals surface area contributed by atoms with Crippen LogP contribution >= 0.6 is 23.4 Å². The highest BCUT2D eigenvalue weighted by Gasteiger charge is 2.06. The second-order valence-electron chi connectivity index (χ2n) is 3.65. The zero-order chi connectivity index (χ0) is 13.8. The van der Waals surface area contributed by atoms with E-state index in [1.54, 1.807) is 31.4 Å². The molecule has 0 atom stereocenters. The van der Waals surface area contributed by atoms with Crippen LogP contribution in [0.1, 0.15) is 0 Å². The predicted molar refractivity (Wildman–Crippen MR) is 75.2 cm³/mol. The standard InChI is InChI=1S/C13H10ClNO3S/c1-18-13-7-6-11(8-12(13)14)19-10-4-2-9(3-5-10)15(16)17/h2-8H,1H3. The molecular weight excluding hydrogens is 286 g/mol. The van der Waals surface area contributed by atoms with Crippen LogP contribution < -0.4 is 4.74 Å². The molecule has 98 valence electrons. The molecule has 0 radical (unpaired) electrons. The maximum Gasteiger partial charge on any atom is 0.269 e. The molecule has 0 saturated heterocycles. The third-order valence-corrected chi connectivity index (χ3v) is 3.70. The summed E-state index contributed by atoms with van der Waals surface area (Å²) in [6.07, 6.45) is 0. The number of hydrogen-bond donors (Lipinski definition) is 0. The van der Waals surface area contributed by atoms with Crippen molar-refractivity contribution in [1.82, 2.24) is 0 Å². The number of hydrogen-bond acceptors (Lipinski definition) is 4. The number of rotatable bonds is 4. The van der Waals surface area contributed by atoms with Gasteiger partial charge in [-0.3, -0.25) is 10.1 Å². The van der Waals surface area contributed by atoms with E-state index in [-0.39, 0.29) is 5.69 Å². The fourth-order valence-electron chi connectivity index (χ4n) is 1.48. The van der Waals surface area contributed by atoms with E-state index in [0.29, 0.717) is 10.8 Å². The summed E-state index contributed by atoms with van der Waals surface area (Å²) < 4.78 is 5.08. The second-order valence-corrected chi connectivity index (χ2v) is 5.20. The topological polar surface area (TPSA) is 52.4 Å². The molecular formula is C13H10ClNO3S. The van der Waals surface area contributed by atoms with Crippen molar-refractivity contribution in [3.8, 4) is 5.75 Å². The van der Waals surface area contributed by atoms with Crippen molar-refractivity contribution in [3.05, 3.63) is 57.6 Å². The van der Waals surface area contributed by atoms with E-state index in [4.69, 9.17) is 16.3 Å². The van der Waals surface area contributed by atoms with Gasteiger partial charge in [0.2, 0.25) is 0 Å². The summed E-state index contributed by atoms with van der Waals surface area (Å²) in [4.78, 5) is 12.0. The molecule has 0 saturated carbocycles. The first kappa shape index (κ1) is 13.7. The van der Waals surface area contributed by atoms with E-state index < -0.39 is 4.92 Å². The van der Waals surface area contributed by atoms with Gasteiger partial charge in [0.15, 0.2) is 0 Å². The first-order chi connectivity index (χ1) is 9.10. The Morgan fingerprint density at radius 2 is 1.79 bits per heavy atom. The van der Waals surface area contributed by atoms with E-state index >= 15 is 0 Å². The first-order valence-corrected chi connectivity index (χ1v) is 6.55. The SMILES string of the molecule is COc1ccc(Sc2ccc([N+](=O)[O-])cc2)cc1Cl. The molecule has 0 aliphatic heterocycles. The lowest BCUT2D eigenvalue weighted by atomic mass is 10.3. The molecule has 0 spiro atoms. The number of nitrogens with zero attached hydrogens (tertiary/aromatic N) is 1. The Kier molecular flexibility index (Phi) is 4.29. The van der Waals surface area contributed by atoms with Gasteiger partial charge in [0.1, 0.15) is 5.75 Å². The van der Waals surface area contributed by atoms with Crippen LogP contribution in [0.2, 0.25) is 5.02 Å². The van der Waals surface area contributed by atoms with Crippen LogP contribution in [0.15, 0.2) is 52.3 Å². The Labute approximate surface area is 119 Å². The molecule has 0 aliphatic carbocycles. The Morgan fingerprint density at radius 1 is 1.16 bits per heavy atom. The van der Waals surface area contributed by atoms with Crippen LogP contribution in [0.5, 0.6) is 5.75 Å². The molecule has 2 aromatic rings. The van der Waals surface area contributed by atoms with E-state index in [9.17, 15) is 10.1 Å². The minimum atomic E-state index is -0.418.